The Bertz CT molecular complexity index is 324. The lowest BCUT2D eigenvalue weighted by atomic mass is 10.1. The van der Waals surface area contributed by atoms with Crippen LogP contribution in [0.3, 0.4) is 0 Å². The predicted octanol–water partition coefficient (Wildman–Crippen LogP) is 2.68. The maximum atomic E-state index is 11.9. The van der Waals surface area contributed by atoms with E-state index in [2.05, 4.69) is 12.2 Å². The first kappa shape index (κ1) is 13.7. The Morgan fingerprint density at radius 1 is 1.29 bits per heavy atom. The van der Waals surface area contributed by atoms with Crippen molar-refractivity contribution < 1.29 is 9.53 Å². The fourth-order valence-electron chi connectivity index (χ4n) is 1.70. The standard InChI is InChI=1S/C14H21NO2/c1-3-4-8-11-15-14(16)13(17-2)12-9-6-5-7-10-12/h5-7,9-10,13H,3-4,8,11H2,1-2H3,(H,15,16). The number of unbranched alkanes of at least 4 members (excludes halogenated alkanes) is 2. The highest BCUT2D eigenvalue weighted by Gasteiger charge is 2.18. The van der Waals surface area contributed by atoms with Gasteiger partial charge in [0, 0.05) is 13.7 Å². The molecule has 0 spiro atoms. The predicted molar refractivity (Wildman–Crippen MR) is 68.7 cm³/mol. The number of rotatable bonds is 7. The van der Waals surface area contributed by atoms with Crippen LogP contribution >= 0.6 is 0 Å². The van der Waals surface area contributed by atoms with E-state index in [-0.39, 0.29) is 5.91 Å². The highest BCUT2D eigenvalue weighted by Crippen LogP contribution is 2.15. The van der Waals surface area contributed by atoms with Gasteiger partial charge in [-0.3, -0.25) is 4.79 Å². The SMILES string of the molecule is CCCCCNC(=O)C(OC)c1ccccc1. The molecule has 1 amide bonds. The highest BCUT2D eigenvalue weighted by molar-refractivity contribution is 5.82. The van der Waals surface area contributed by atoms with Crippen LogP contribution in [-0.2, 0) is 9.53 Å². The van der Waals surface area contributed by atoms with Crippen LogP contribution < -0.4 is 5.32 Å². The van der Waals surface area contributed by atoms with Gasteiger partial charge in [0.05, 0.1) is 0 Å². The monoisotopic (exact) mass is 235 g/mol. The van der Waals surface area contributed by atoms with Crippen molar-refractivity contribution in [2.24, 2.45) is 0 Å². The van der Waals surface area contributed by atoms with Gasteiger partial charge in [0.2, 0.25) is 0 Å². The van der Waals surface area contributed by atoms with Gasteiger partial charge in [-0.2, -0.15) is 0 Å². The molecule has 1 atom stereocenters. The van der Waals surface area contributed by atoms with E-state index in [0.29, 0.717) is 0 Å². The van der Waals surface area contributed by atoms with E-state index in [1.165, 1.54) is 0 Å². The number of benzene rings is 1. The molecule has 17 heavy (non-hydrogen) atoms. The normalized spacial score (nSPS) is 12.1. The second kappa shape index (κ2) is 7.85. The van der Waals surface area contributed by atoms with Crippen LogP contribution in [0.4, 0.5) is 0 Å². The smallest absolute Gasteiger partial charge is 0.253 e. The van der Waals surface area contributed by atoms with Crippen LogP contribution in [0.2, 0.25) is 0 Å². The number of ether oxygens (including phenoxy) is 1. The molecule has 0 bridgehead atoms. The van der Waals surface area contributed by atoms with Crippen LogP contribution in [0.1, 0.15) is 37.9 Å². The summed E-state index contributed by atoms with van der Waals surface area (Å²) in [5.41, 5.74) is 0.892. The molecule has 0 aliphatic rings. The van der Waals surface area contributed by atoms with Gasteiger partial charge in [0.25, 0.3) is 5.91 Å². The molecule has 1 aromatic rings. The molecular weight excluding hydrogens is 214 g/mol. The molecule has 0 fully saturated rings. The first-order valence-corrected chi connectivity index (χ1v) is 6.15. The Labute approximate surface area is 103 Å². The van der Waals surface area contributed by atoms with Crippen LogP contribution in [0.15, 0.2) is 30.3 Å². The first-order chi connectivity index (χ1) is 8.29. The third-order valence-corrected chi connectivity index (χ3v) is 2.66. The second-order valence-electron chi connectivity index (χ2n) is 4.02. The lowest BCUT2D eigenvalue weighted by Gasteiger charge is -2.15. The van der Waals surface area contributed by atoms with Crippen molar-refractivity contribution in [3.05, 3.63) is 35.9 Å². The summed E-state index contributed by atoms with van der Waals surface area (Å²) in [6, 6.07) is 9.55. The minimum Gasteiger partial charge on any atom is -0.367 e. The molecule has 0 heterocycles. The van der Waals surface area contributed by atoms with E-state index < -0.39 is 6.10 Å². The van der Waals surface area contributed by atoms with Crippen molar-refractivity contribution in [1.29, 1.82) is 0 Å². The second-order valence-corrected chi connectivity index (χ2v) is 4.02. The lowest BCUT2D eigenvalue weighted by molar-refractivity contribution is -0.131. The zero-order chi connectivity index (χ0) is 12.5. The summed E-state index contributed by atoms with van der Waals surface area (Å²) in [6.07, 6.45) is 2.82. The summed E-state index contributed by atoms with van der Waals surface area (Å²) in [5, 5.41) is 2.90. The van der Waals surface area contributed by atoms with Crippen molar-refractivity contribution in [1.82, 2.24) is 5.32 Å². The van der Waals surface area contributed by atoms with E-state index in [4.69, 9.17) is 4.74 Å². The molecule has 1 N–H and O–H groups in total. The Balaban J connectivity index is 2.48. The number of hydrogen-bond acceptors (Lipinski definition) is 2. The van der Waals surface area contributed by atoms with Gasteiger partial charge in [-0.05, 0) is 12.0 Å². The number of amides is 1. The summed E-state index contributed by atoms with van der Waals surface area (Å²) in [4.78, 5) is 11.9. The van der Waals surface area contributed by atoms with Gasteiger partial charge in [-0.15, -0.1) is 0 Å². The van der Waals surface area contributed by atoms with Crippen molar-refractivity contribution in [2.45, 2.75) is 32.3 Å². The van der Waals surface area contributed by atoms with Crippen LogP contribution in [-0.4, -0.2) is 19.6 Å². The third-order valence-electron chi connectivity index (χ3n) is 2.66. The van der Waals surface area contributed by atoms with Gasteiger partial charge in [-0.25, -0.2) is 0 Å². The van der Waals surface area contributed by atoms with Crippen LogP contribution in [0.5, 0.6) is 0 Å². The molecule has 0 aliphatic heterocycles. The Kier molecular flexibility index (Phi) is 6.33. The highest BCUT2D eigenvalue weighted by atomic mass is 16.5. The first-order valence-electron chi connectivity index (χ1n) is 6.15. The van der Waals surface area contributed by atoms with E-state index in [0.717, 1.165) is 31.4 Å². The Morgan fingerprint density at radius 2 is 2.00 bits per heavy atom. The van der Waals surface area contributed by atoms with Gasteiger partial charge >= 0.3 is 0 Å². The molecule has 1 aromatic carbocycles. The van der Waals surface area contributed by atoms with Crippen LogP contribution in [0.25, 0.3) is 0 Å². The molecule has 0 aliphatic carbocycles. The molecule has 3 heteroatoms. The molecule has 0 aromatic heterocycles. The molecule has 1 unspecified atom stereocenters. The molecule has 3 nitrogen and oxygen atoms in total. The average Bonchev–Trinajstić information content (AvgIpc) is 2.37. The minimum atomic E-state index is -0.502. The number of methoxy groups -OCH3 is 1. The molecule has 0 radical (unpaired) electrons. The number of nitrogens with one attached hydrogen (secondary N) is 1. The van der Waals surface area contributed by atoms with Crippen molar-refractivity contribution in [3.8, 4) is 0 Å². The zero-order valence-corrected chi connectivity index (χ0v) is 10.6. The zero-order valence-electron chi connectivity index (χ0n) is 10.6. The summed E-state index contributed by atoms with van der Waals surface area (Å²) < 4.78 is 5.24. The van der Waals surface area contributed by atoms with Crippen molar-refractivity contribution >= 4 is 5.91 Å². The largest absolute Gasteiger partial charge is 0.367 e. The fourth-order valence-corrected chi connectivity index (χ4v) is 1.70. The van der Waals surface area contributed by atoms with Crippen molar-refractivity contribution in [3.63, 3.8) is 0 Å². The van der Waals surface area contributed by atoms with Gasteiger partial charge in [0.1, 0.15) is 0 Å². The maximum Gasteiger partial charge on any atom is 0.253 e. The van der Waals surface area contributed by atoms with E-state index in [9.17, 15) is 4.79 Å². The summed E-state index contributed by atoms with van der Waals surface area (Å²) in [6.45, 7) is 2.86. The Hall–Kier alpha value is -1.35. The number of carbonyl (C=O) groups excluding carboxylic acids is 1. The van der Waals surface area contributed by atoms with E-state index in [1.54, 1.807) is 7.11 Å². The minimum absolute atomic E-state index is 0.0604. The molecule has 0 saturated carbocycles. The Morgan fingerprint density at radius 3 is 2.59 bits per heavy atom. The summed E-state index contributed by atoms with van der Waals surface area (Å²) in [7, 11) is 1.56. The average molecular weight is 235 g/mol. The number of hydrogen-bond donors (Lipinski definition) is 1. The fraction of sp³-hybridized carbons (Fsp3) is 0.500. The van der Waals surface area contributed by atoms with Crippen LogP contribution in [0, 0.1) is 0 Å². The molecule has 94 valence electrons. The van der Waals surface area contributed by atoms with Crippen molar-refractivity contribution in [2.75, 3.05) is 13.7 Å². The number of carbonyl (C=O) groups is 1. The van der Waals surface area contributed by atoms with Gasteiger partial charge in [0.15, 0.2) is 6.10 Å². The quantitative estimate of drug-likeness (QED) is 0.738. The van der Waals surface area contributed by atoms with E-state index in [1.807, 2.05) is 30.3 Å². The third kappa shape index (κ3) is 4.57. The molecular formula is C14H21NO2. The molecule has 0 saturated heterocycles. The van der Waals surface area contributed by atoms with Gasteiger partial charge < -0.3 is 10.1 Å². The topological polar surface area (TPSA) is 38.3 Å². The maximum absolute atomic E-state index is 11.9. The van der Waals surface area contributed by atoms with E-state index >= 15 is 0 Å². The summed E-state index contributed by atoms with van der Waals surface area (Å²) >= 11 is 0. The summed E-state index contributed by atoms with van der Waals surface area (Å²) in [5.74, 6) is -0.0604. The molecule has 1 rings (SSSR count). The lowest BCUT2D eigenvalue weighted by Crippen LogP contribution is -2.31. The van der Waals surface area contributed by atoms with Gasteiger partial charge in [-0.1, -0.05) is 50.1 Å².